The van der Waals surface area contributed by atoms with E-state index in [1.54, 1.807) is 19.1 Å². The lowest BCUT2D eigenvalue weighted by Gasteiger charge is -2.05. The summed E-state index contributed by atoms with van der Waals surface area (Å²) in [4.78, 5) is 3.12. The number of aryl methyl sites for hydroxylation is 1. The summed E-state index contributed by atoms with van der Waals surface area (Å²) in [5.41, 5.74) is 0. The molecule has 0 atom stereocenters. The van der Waals surface area contributed by atoms with E-state index in [0.29, 0.717) is 17.6 Å². The van der Waals surface area contributed by atoms with E-state index in [0.717, 1.165) is 0 Å². The number of furan rings is 1. The highest BCUT2D eigenvalue weighted by Gasteiger charge is 2.11. The molecular weight excluding hydrogens is 233 g/mol. The van der Waals surface area contributed by atoms with Crippen LogP contribution in [0, 0.1) is 24.5 Å². The Morgan fingerprint density at radius 3 is 2.65 bits per heavy atom. The van der Waals surface area contributed by atoms with E-state index in [9.17, 15) is 13.2 Å². The molecule has 0 aliphatic carbocycles. The summed E-state index contributed by atoms with van der Waals surface area (Å²) in [6.45, 7) is 1.91. The summed E-state index contributed by atoms with van der Waals surface area (Å²) in [5, 5.41) is 2.52. The van der Waals surface area contributed by atoms with E-state index >= 15 is 0 Å². The van der Waals surface area contributed by atoms with Gasteiger partial charge in [-0.3, -0.25) is 0 Å². The zero-order valence-corrected chi connectivity index (χ0v) is 8.93. The van der Waals surface area contributed by atoms with Gasteiger partial charge in [0.2, 0.25) is 0 Å². The maximum absolute atomic E-state index is 13.2. The van der Waals surface area contributed by atoms with Gasteiger partial charge in [-0.2, -0.15) is 9.37 Å². The topological polar surface area (TPSA) is 38.1 Å². The third-order valence-electron chi connectivity index (χ3n) is 2.11. The van der Waals surface area contributed by atoms with Gasteiger partial charge in [0, 0.05) is 6.07 Å². The molecule has 2 rings (SSSR count). The molecule has 0 bridgehead atoms. The van der Waals surface area contributed by atoms with Crippen LogP contribution in [0.5, 0.6) is 0 Å². The van der Waals surface area contributed by atoms with Gasteiger partial charge in [0.15, 0.2) is 17.5 Å². The second-order valence-corrected chi connectivity index (χ2v) is 3.46. The van der Waals surface area contributed by atoms with Crippen molar-refractivity contribution in [2.75, 3.05) is 5.32 Å². The smallest absolute Gasteiger partial charge is 0.251 e. The highest BCUT2D eigenvalue weighted by atomic mass is 19.2. The van der Waals surface area contributed by atoms with Gasteiger partial charge in [-0.25, -0.2) is 8.78 Å². The van der Waals surface area contributed by atoms with Crippen molar-refractivity contribution in [3.63, 3.8) is 0 Å². The Labute approximate surface area is 95.3 Å². The molecule has 3 nitrogen and oxygen atoms in total. The van der Waals surface area contributed by atoms with E-state index in [2.05, 4.69) is 10.3 Å². The number of anilines is 1. The van der Waals surface area contributed by atoms with E-state index in [1.165, 1.54) is 0 Å². The van der Waals surface area contributed by atoms with Crippen LogP contribution in [0.15, 0.2) is 22.6 Å². The van der Waals surface area contributed by atoms with Crippen LogP contribution in [0.3, 0.4) is 0 Å². The number of rotatable bonds is 3. The van der Waals surface area contributed by atoms with Gasteiger partial charge in [-0.15, -0.1) is 0 Å². The predicted octanol–water partition coefficient (Wildman–Crippen LogP) is 3.01. The Morgan fingerprint density at radius 2 is 2.00 bits per heavy atom. The Morgan fingerprint density at radius 1 is 1.24 bits per heavy atom. The molecule has 2 aromatic rings. The first-order valence-electron chi connectivity index (χ1n) is 4.87. The highest BCUT2D eigenvalue weighted by Crippen LogP contribution is 2.15. The minimum absolute atomic E-state index is 0.142. The van der Waals surface area contributed by atoms with Crippen LogP contribution in [-0.4, -0.2) is 4.98 Å². The molecule has 0 unspecified atom stereocenters. The highest BCUT2D eigenvalue weighted by molar-refractivity contribution is 5.36. The molecule has 17 heavy (non-hydrogen) atoms. The molecule has 0 amide bonds. The molecule has 0 spiro atoms. The molecular formula is C11H9F3N2O. The summed E-state index contributed by atoms with van der Waals surface area (Å²) in [6.07, 6.45) is 0. The standard InChI is InChI=1S/C11H9F3N2O/c1-6-2-3-7(17-6)5-15-11-9(13)4-8(12)10(14)16-11/h2-4H,5H2,1H3,(H,15,16). The molecule has 0 aliphatic rings. The first-order valence-corrected chi connectivity index (χ1v) is 4.87. The average molecular weight is 242 g/mol. The number of aromatic nitrogens is 1. The van der Waals surface area contributed by atoms with Crippen molar-refractivity contribution in [2.24, 2.45) is 0 Å². The van der Waals surface area contributed by atoms with Gasteiger partial charge in [-0.05, 0) is 19.1 Å². The van der Waals surface area contributed by atoms with Gasteiger partial charge in [0.05, 0.1) is 6.54 Å². The van der Waals surface area contributed by atoms with Crippen LogP contribution in [0.25, 0.3) is 0 Å². The Balaban J connectivity index is 2.11. The summed E-state index contributed by atoms with van der Waals surface area (Å²) < 4.78 is 43.8. The number of hydrogen-bond acceptors (Lipinski definition) is 3. The van der Waals surface area contributed by atoms with Gasteiger partial charge in [0.1, 0.15) is 11.5 Å². The quantitative estimate of drug-likeness (QED) is 0.841. The lowest BCUT2D eigenvalue weighted by Crippen LogP contribution is -2.05. The van der Waals surface area contributed by atoms with Crippen molar-refractivity contribution in [1.82, 2.24) is 4.98 Å². The van der Waals surface area contributed by atoms with E-state index < -0.39 is 17.6 Å². The maximum Gasteiger partial charge on any atom is 0.251 e. The minimum Gasteiger partial charge on any atom is -0.465 e. The van der Waals surface area contributed by atoms with Gasteiger partial charge in [-0.1, -0.05) is 0 Å². The molecule has 0 saturated carbocycles. The molecule has 90 valence electrons. The molecule has 0 fully saturated rings. The van der Waals surface area contributed by atoms with Crippen molar-refractivity contribution in [2.45, 2.75) is 13.5 Å². The Bertz CT molecular complexity index is 540. The summed E-state index contributed by atoms with van der Waals surface area (Å²) >= 11 is 0. The van der Waals surface area contributed by atoms with Gasteiger partial charge >= 0.3 is 0 Å². The second-order valence-electron chi connectivity index (χ2n) is 3.46. The SMILES string of the molecule is Cc1ccc(CNc2nc(F)c(F)cc2F)o1. The Kier molecular flexibility index (Phi) is 3.03. The number of hydrogen-bond donors (Lipinski definition) is 1. The number of nitrogens with one attached hydrogen (secondary N) is 1. The van der Waals surface area contributed by atoms with Gasteiger partial charge in [0.25, 0.3) is 5.95 Å². The molecule has 0 aromatic carbocycles. The van der Waals surface area contributed by atoms with E-state index in [1.807, 2.05) is 0 Å². The lowest BCUT2D eigenvalue weighted by atomic mass is 10.4. The zero-order chi connectivity index (χ0) is 12.4. The fraction of sp³-hybridized carbons (Fsp3) is 0.182. The first-order chi connectivity index (χ1) is 8.06. The maximum atomic E-state index is 13.2. The summed E-state index contributed by atoms with van der Waals surface area (Å²) in [6, 6.07) is 3.88. The van der Waals surface area contributed by atoms with E-state index in [4.69, 9.17) is 4.42 Å². The van der Waals surface area contributed by atoms with Crippen molar-refractivity contribution in [1.29, 1.82) is 0 Å². The monoisotopic (exact) mass is 242 g/mol. The van der Waals surface area contributed by atoms with Crippen LogP contribution in [0.4, 0.5) is 19.0 Å². The van der Waals surface area contributed by atoms with Crippen molar-refractivity contribution >= 4 is 5.82 Å². The molecule has 2 aromatic heterocycles. The molecule has 0 radical (unpaired) electrons. The molecule has 1 N–H and O–H groups in total. The molecule has 2 heterocycles. The second kappa shape index (κ2) is 4.48. The predicted molar refractivity (Wildman–Crippen MR) is 54.9 cm³/mol. The van der Waals surface area contributed by atoms with Crippen LogP contribution in [-0.2, 0) is 6.54 Å². The number of nitrogens with zero attached hydrogens (tertiary/aromatic N) is 1. The van der Waals surface area contributed by atoms with Gasteiger partial charge < -0.3 is 9.73 Å². The fourth-order valence-corrected chi connectivity index (χ4v) is 1.32. The fourth-order valence-electron chi connectivity index (χ4n) is 1.32. The van der Waals surface area contributed by atoms with Crippen LogP contribution in [0.2, 0.25) is 0 Å². The summed E-state index contributed by atoms with van der Waals surface area (Å²) in [5.74, 6) is -2.70. The number of halogens is 3. The lowest BCUT2D eigenvalue weighted by molar-refractivity contribution is 0.464. The normalized spacial score (nSPS) is 10.6. The van der Waals surface area contributed by atoms with Crippen LogP contribution < -0.4 is 5.32 Å². The van der Waals surface area contributed by atoms with Crippen molar-refractivity contribution < 1.29 is 17.6 Å². The number of pyridine rings is 1. The first kappa shape index (κ1) is 11.5. The molecule has 6 heteroatoms. The molecule has 0 saturated heterocycles. The third kappa shape index (κ3) is 2.58. The molecule has 0 aliphatic heterocycles. The van der Waals surface area contributed by atoms with Crippen LogP contribution >= 0.6 is 0 Å². The van der Waals surface area contributed by atoms with Crippen molar-refractivity contribution in [3.05, 3.63) is 47.3 Å². The minimum atomic E-state index is -1.34. The largest absolute Gasteiger partial charge is 0.465 e. The summed E-state index contributed by atoms with van der Waals surface area (Å²) in [7, 11) is 0. The zero-order valence-electron chi connectivity index (χ0n) is 8.93. The average Bonchev–Trinajstić information content (AvgIpc) is 2.68. The van der Waals surface area contributed by atoms with Crippen molar-refractivity contribution in [3.8, 4) is 0 Å². The third-order valence-corrected chi connectivity index (χ3v) is 2.11. The van der Waals surface area contributed by atoms with E-state index in [-0.39, 0.29) is 12.4 Å². The Hall–Kier alpha value is -1.98. The van der Waals surface area contributed by atoms with Crippen LogP contribution in [0.1, 0.15) is 11.5 Å².